The highest BCUT2D eigenvalue weighted by molar-refractivity contribution is 6.30. The number of alkyl halides is 2. The van der Waals surface area contributed by atoms with Crippen LogP contribution in [-0.2, 0) is 5.41 Å². The number of halogens is 3. The van der Waals surface area contributed by atoms with Gasteiger partial charge in [0.25, 0.3) is 5.92 Å². The summed E-state index contributed by atoms with van der Waals surface area (Å²) >= 11 is 5.79. The summed E-state index contributed by atoms with van der Waals surface area (Å²) in [5.41, 5.74) is -0.251. The lowest BCUT2D eigenvalue weighted by Gasteiger charge is -2.35. The van der Waals surface area contributed by atoms with E-state index in [0.29, 0.717) is 17.9 Å². The minimum absolute atomic E-state index is 0.568. The lowest BCUT2D eigenvalue weighted by Crippen LogP contribution is -2.40. The Morgan fingerprint density at radius 1 is 1.12 bits per heavy atom. The average Bonchev–Trinajstić information content (AvgIpc) is 2.68. The Kier molecular flexibility index (Phi) is 2.95. The van der Waals surface area contributed by atoms with Crippen LogP contribution in [-0.4, -0.2) is 5.92 Å². The van der Waals surface area contributed by atoms with Crippen molar-refractivity contribution in [2.24, 2.45) is 0 Å². The van der Waals surface area contributed by atoms with Crippen molar-refractivity contribution >= 4 is 11.6 Å². The molecule has 88 valence electrons. The van der Waals surface area contributed by atoms with Crippen molar-refractivity contribution in [3.63, 3.8) is 0 Å². The predicted octanol–water partition coefficient (Wildman–Crippen LogP) is 4.81. The first-order valence-electron chi connectivity index (χ1n) is 5.60. The summed E-state index contributed by atoms with van der Waals surface area (Å²) in [5.74, 6) is -2.67. The zero-order chi connectivity index (χ0) is 11.8. The molecule has 0 N–H and O–H groups in total. The molecule has 1 aliphatic rings. The summed E-state index contributed by atoms with van der Waals surface area (Å²) in [7, 11) is 0. The molecule has 1 aliphatic carbocycles. The number of rotatable bonds is 2. The molecule has 0 atom stereocenters. The van der Waals surface area contributed by atoms with Gasteiger partial charge in [0, 0.05) is 11.9 Å². The zero-order valence-electron chi connectivity index (χ0n) is 9.27. The van der Waals surface area contributed by atoms with E-state index in [1.54, 1.807) is 24.3 Å². The highest BCUT2D eigenvalue weighted by Gasteiger charge is 2.52. The first kappa shape index (κ1) is 11.8. The van der Waals surface area contributed by atoms with E-state index < -0.39 is 11.3 Å². The van der Waals surface area contributed by atoms with Gasteiger partial charge in [0.2, 0.25) is 0 Å². The van der Waals surface area contributed by atoms with Crippen LogP contribution in [0.2, 0.25) is 5.02 Å². The fourth-order valence-electron chi connectivity index (χ4n) is 2.73. The largest absolute Gasteiger partial charge is 0.254 e. The van der Waals surface area contributed by atoms with E-state index in [9.17, 15) is 8.78 Å². The quantitative estimate of drug-likeness (QED) is 0.701. The van der Waals surface area contributed by atoms with Crippen LogP contribution >= 0.6 is 11.6 Å². The Bertz CT molecular complexity index is 359. The number of hydrogen-bond donors (Lipinski definition) is 0. The van der Waals surface area contributed by atoms with E-state index in [-0.39, 0.29) is 0 Å². The summed E-state index contributed by atoms with van der Waals surface area (Å²) < 4.78 is 27.7. The van der Waals surface area contributed by atoms with E-state index >= 15 is 0 Å². The average molecular weight is 245 g/mol. The highest BCUT2D eigenvalue weighted by Crippen LogP contribution is 2.51. The molecule has 2 rings (SSSR count). The molecule has 0 nitrogen and oxygen atoms in total. The molecule has 3 heteroatoms. The normalized spacial score (nSPS) is 20.0. The summed E-state index contributed by atoms with van der Waals surface area (Å²) in [6.45, 7) is 1.03. The molecule has 1 saturated carbocycles. The van der Waals surface area contributed by atoms with Crippen molar-refractivity contribution < 1.29 is 8.78 Å². The molecule has 0 aliphatic heterocycles. The second-order valence-electron chi connectivity index (χ2n) is 4.68. The molecular weight excluding hydrogens is 230 g/mol. The summed E-state index contributed by atoms with van der Waals surface area (Å²) in [5, 5.41) is 0.594. The fourth-order valence-corrected chi connectivity index (χ4v) is 2.85. The second kappa shape index (κ2) is 3.99. The fraction of sp³-hybridized carbons (Fsp3) is 0.538. The summed E-state index contributed by atoms with van der Waals surface area (Å²) in [6.07, 6.45) is 2.90. The molecule has 0 heterocycles. The smallest absolute Gasteiger partial charge is 0.206 e. The topological polar surface area (TPSA) is 0 Å². The maximum atomic E-state index is 13.8. The Hall–Kier alpha value is -0.630. The summed E-state index contributed by atoms with van der Waals surface area (Å²) in [6, 6.07) is 6.88. The second-order valence-corrected chi connectivity index (χ2v) is 5.12. The molecule has 1 fully saturated rings. The first-order valence-corrected chi connectivity index (χ1v) is 5.97. The van der Waals surface area contributed by atoms with E-state index in [2.05, 4.69) is 0 Å². The van der Waals surface area contributed by atoms with Crippen LogP contribution in [0.25, 0.3) is 0 Å². The SMILES string of the molecule is CC(F)(F)C1(c2ccc(Cl)cc2)CCCC1. The van der Waals surface area contributed by atoms with Gasteiger partial charge in [-0.2, -0.15) is 0 Å². The van der Waals surface area contributed by atoms with Gasteiger partial charge in [-0.25, -0.2) is 8.78 Å². The molecule has 1 aromatic carbocycles. The van der Waals surface area contributed by atoms with Gasteiger partial charge in [-0.3, -0.25) is 0 Å². The molecule has 0 unspecified atom stereocenters. The Morgan fingerprint density at radius 3 is 2.06 bits per heavy atom. The van der Waals surface area contributed by atoms with Crippen LogP contribution in [0.3, 0.4) is 0 Å². The van der Waals surface area contributed by atoms with E-state index in [4.69, 9.17) is 11.6 Å². The van der Waals surface area contributed by atoms with Crippen molar-refractivity contribution in [1.82, 2.24) is 0 Å². The van der Waals surface area contributed by atoms with Crippen LogP contribution in [0.5, 0.6) is 0 Å². The van der Waals surface area contributed by atoms with Gasteiger partial charge >= 0.3 is 0 Å². The lowest BCUT2D eigenvalue weighted by atomic mass is 9.74. The maximum Gasteiger partial charge on any atom is 0.254 e. The van der Waals surface area contributed by atoms with Crippen molar-refractivity contribution in [2.75, 3.05) is 0 Å². The third-order valence-corrected chi connectivity index (χ3v) is 3.95. The third kappa shape index (κ3) is 1.84. The van der Waals surface area contributed by atoms with Crippen molar-refractivity contribution in [3.8, 4) is 0 Å². The Labute approximate surface area is 99.6 Å². The van der Waals surface area contributed by atoms with Gasteiger partial charge in [0.1, 0.15) is 0 Å². The van der Waals surface area contributed by atoms with Gasteiger partial charge in [-0.05, 0) is 30.5 Å². The molecule has 0 radical (unpaired) electrons. The monoisotopic (exact) mass is 244 g/mol. The molecule has 0 amide bonds. The Morgan fingerprint density at radius 2 is 1.62 bits per heavy atom. The van der Waals surface area contributed by atoms with E-state index in [1.165, 1.54) is 0 Å². The predicted molar refractivity (Wildman–Crippen MR) is 62.2 cm³/mol. The third-order valence-electron chi connectivity index (χ3n) is 3.69. The molecular formula is C13H15ClF2. The molecule has 1 aromatic rings. The van der Waals surface area contributed by atoms with Gasteiger partial charge in [0.05, 0.1) is 5.41 Å². The summed E-state index contributed by atoms with van der Waals surface area (Å²) in [4.78, 5) is 0. The van der Waals surface area contributed by atoms with Crippen molar-refractivity contribution in [3.05, 3.63) is 34.9 Å². The van der Waals surface area contributed by atoms with Crippen LogP contribution in [0.1, 0.15) is 38.2 Å². The van der Waals surface area contributed by atoms with E-state index in [0.717, 1.165) is 25.3 Å². The van der Waals surface area contributed by atoms with Crippen LogP contribution < -0.4 is 0 Å². The minimum atomic E-state index is -2.67. The van der Waals surface area contributed by atoms with Gasteiger partial charge in [-0.1, -0.05) is 36.6 Å². The highest BCUT2D eigenvalue weighted by atomic mass is 35.5. The first-order chi connectivity index (χ1) is 7.46. The van der Waals surface area contributed by atoms with Gasteiger partial charge in [0.15, 0.2) is 0 Å². The van der Waals surface area contributed by atoms with Crippen molar-refractivity contribution in [2.45, 2.75) is 43.9 Å². The van der Waals surface area contributed by atoms with Crippen LogP contribution in [0.4, 0.5) is 8.78 Å². The number of hydrogen-bond acceptors (Lipinski definition) is 0. The van der Waals surface area contributed by atoms with Crippen molar-refractivity contribution in [1.29, 1.82) is 0 Å². The molecule has 0 spiro atoms. The maximum absolute atomic E-state index is 13.8. The zero-order valence-corrected chi connectivity index (χ0v) is 10.0. The lowest BCUT2D eigenvalue weighted by molar-refractivity contribution is -0.0599. The van der Waals surface area contributed by atoms with Gasteiger partial charge < -0.3 is 0 Å². The Balaban J connectivity index is 2.44. The number of benzene rings is 1. The van der Waals surface area contributed by atoms with Gasteiger partial charge in [-0.15, -0.1) is 0 Å². The van der Waals surface area contributed by atoms with E-state index in [1.807, 2.05) is 0 Å². The van der Waals surface area contributed by atoms with Crippen LogP contribution in [0, 0.1) is 0 Å². The standard InChI is InChI=1S/C13H15ClF2/c1-12(15,16)13(8-2-3-9-13)10-4-6-11(14)7-5-10/h4-7H,2-3,8-9H2,1H3. The molecule has 0 saturated heterocycles. The molecule has 0 aromatic heterocycles. The molecule has 0 bridgehead atoms. The minimum Gasteiger partial charge on any atom is -0.206 e. The van der Waals surface area contributed by atoms with Crippen LogP contribution in [0.15, 0.2) is 24.3 Å². The molecule has 16 heavy (non-hydrogen) atoms.